The molecule has 0 saturated carbocycles. The standard InChI is InChI=1S/C28H24N6O/c1-2-7-34(6-1)16-18-9-21(13-29-12-18)19-3-4-25-23(10-19)28(33-32-25)26-11-22-24(20-5-8-35-17-20)14-30-15-27(22)31-26/h3-5,8-15,17,31H,1-2,6-7,16H2,(H,32,33). The number of fused-ring (bicyclic) bond motifs is 2. The Kier molecular flexibility index (Phi) is 4.73. The summed E-state index contributed by atoms with van der Waals surface area (Å²) in [7, 11) is 0. The Hall–Kier alpha value is -4.23. The molecule has 6 aromatic rings. The van der Waals surface area contributed by atoms with Crippen LogP contribution in [0.3, 0.4) is 0 Å². The topological polar surface area (TPSA) is 86.6 Å². The lowest BCUT2D eigenvalue weighted by Crippen LogP contribution is -2.18. The fourth-order valence-corrected chi connectivity index (χ4v) is 5.16. The molecule has 7 nitrogen and oxygen atoms in total. The van der Waals surface area contributed by atoms with Gasteiger partial charge in [0, 0.05) is 52.6 Å². The lowest BCUT2D eigenvalue weighted by atomic mass is 10.0. The van der Waals surface area contributed by atoms with Crippen LogP contribution >= 0.6 is 0 Å². The first-order chi connectivity index (χ1) is 17.3. The van der Waals surface area contributed by atoms with Crippen molar-refractivity contribution in [1.82, 2.24) is 30.0 Å². The molecule has 2 N–H and O–H groups in total. The minimum atomic E-state index is 0.886. The van der Waals surface area contributed by atoms with E-state index >= 15 is 0 Å². The summed E-state index contributed by atoms with van der Waals surface area (Å²) in [6.07, 6.45) is 13.7. The summed E-state index contributed by atoms with van der Waals surface area (Å²) in [4.78, 5) is 15.0. The van der Waals surface area contributed by atoms with Gasteiger partial charge in [0.2, 0.25) is 0 Å². The predicted octanol–water partition coefficient (Wildman–Crippen LogP) is 6.02. The molecule has 1 aliphatic rings. The van der Waals surface area contributed by atoms with Gasteiger partial charge in [-0.05, 0) is 67.4 Å². The Morgan fingerprint density at radius 1 is 0.829 bits per heavy atom. The van der Waals surface area contributed by atoms with Gasteiger partial charge < -0.3 is 9.40 Å². The van der Waals surface area contributed by atoms with E-state index in [0.717, 1.165) is 62.0 Å². The molecule has 7 rings (SSSR count). The van der Waals surface area contributed by atoms with Crippen LogP contribution in [0.4, 0.5) is 0 Å². The Morgan fingerprint density at radius 3 is 2.63 bits per heavy atom. The van der Waals surface area contributed by atoms with Gasteiger partial charge in [0.05, 0.1) is 35.5 Å². The van der Waals surface area contributed by atoms with Crippen molar-refractivity contribution in [3.05, 3.63) is 79.3 Å². The number of aromatic nitrogens is 5. The maximum absolute atomic E-state index is 5.29. The minimum absolute atomic E-state index is 0.886. The zero-order chi connectivity index (χ0) is 23.2. The van der Waals surface area contributed by atoms with Gasteiger partial charge in [-0.1, -0.05) is 6.07 Å². The highest BCUT2D eigenvalue weighted by Gasteiger charge is 2.16. The van der Waals surface area contributed by atoms with Crippen LogP contribution in [0.5, 0.6) is 0 Å². The molecule has 172 valence electrons. The van der Waals surface area contributed by atoms with Crippen molar-refractivity contribution in [3.63, 3.8) is 0 Å². The molecule has 0 amide bonds. The zero-order valence-corrected chi connectivity index (χ0v) is 19.2. The van der Waals surface area contributed by atoms with Crippen LogP contribution in [-0.2, 0) is 6.54 Å². The van der Waals surface area contributed by atoms with E-state index in [9.17, 15) is 0 Å². The number of pyridine rings is 2. The Labute approximate surface area is 201 Å². The van der Waals surface area contributed by atoms with E-state index < -0.39 is 0 Å². The Bertz CT molecular complexity index is 1640. The van der Waals surface area contributed by atoms with Gasteiger partial charge in [0.15, 0.2) is 0 Å². The maximum atomic E-state index is 5.29. The van der Waals surface area contributed by atoms with Crippen LogP contribution < -0.4 is 0 Å². The van der Waals surface area contributed by atoms with Gasteiger partial charge in [-0.3, -0.25) is 20.0 Å². The number of hydrogen-bond acceptors (Lipinski definition) is 5. The lowest BCUT2D eigenvalue weighted by Gasteiger charge is -2.14. The van der Waals surface area contributed by atoms with Crippen molar-refractivity contribution in [2.45, 2.75) is 19.4 Å². The number of nitrogens with zero attached hydrogens (tertiary/aromatic N) is 4. The summed E-state index contributed by atoms with van der Waals surface area (Å²) in [5.41, 5.74) is 9.34. The average molecular weight is 461 g/mol. The minimum Gasteiger partial charge on any atom is -0.472 e. The van der Waals surface area contributed by atoms with Crippen LogP contribution in [0.1, 0.15) is 18.4 Å². The molecule has 0 unspecified atom stereocenters. The Balaban J connectivity index is 1.28. The van der Waals surface area contributed by atoms with Crippen molar-refractivity contribution in [3.8, 4) is 33.6 Å². The number of hydrogen-bond donors (Lipinski definition) is 2. The fraction of sp³-hybridized carbons (Fsp3) is 0.179. The van der Waals surface area contributed by atoms with E-state index in [1.807, 2.05) is 30.9 Å². The van der Waals surface area contributed by atoms with Gasteiger partial charge in [-0.25, -0.2) is 0 Å². The highest BCUT2D eigenvalue weighted by molar-refractivity contribution is 6.01. The number of benzene rings is 1. The molecule has 0 radical (unpaired) electrons. The van der Waals surface area contributed by atoms with Gasteiger partial charge in [0.25, 0.3) is 0 Å². The summed E-state index contributed by atoms with van der Waals surface area (Å²) in [6, 6.07) is 12.8. The fourth-order valence-electron chi connectivity index (χ4n) is 5.16. The summed E-state index contributed by atoms with van der Waals surface area (Å²) in [5.74, 6) is 0. The molecular formula is C28H24N6O. The van der Waals surface area contributed by atoms with E-state index in [0.29, 0.717) is 0 Å². The molecule has 1 saturated heterocycles. The van der Waals surface area contributed by atoms with Crippen molar-refractivity contribution < 1.29 is 4.42 Å². The highest BCUT2D eigenvalue weighted by atomic mass is 16.3. The van der Waals surface area contributed by atoms with Crippen molar-refractivity contribution in [2.24, 2.45) is 0 Å². The molecule has 6 heterocycles. The second-order valence-electron chi connectivity index (χ2n) is 9.24. The molecule has 1 aliphatic heterocycles. The first-order valence-electron chi connectivity index (χ1n) is 12.0. The number of H-pyrrole nitrogens is 2. The summed E-state index contributed by atoms with van der Waals surface area (Å²) in [5, 5.41) is 10.00. The number of aromatic amines is 2. The van der Waals surface area contributed by atoms with Crippen LogP contribution in [0, 0.1) is 0 Å². The first kappa shape index (κ1) is 20.2. The number of rotatable bonds is 5. The van der Waals surface area contributed by atoms with Gasteiger partial charge in [0.1, 0.15) is 5.69 Å². The van der Waals surface area contributed by atoms with Crippen LogP contribution in [-0.4, -0.2) is 43.1 Å². The van der Waals surface area contributed by atoms with E-state index in [-0.39, 0.29) is 0 Å². The molecule has 0 bridgehead atoms. The van der Waals surface area contributed by atoms with Crippen molar-refractivity contribution in [2.75, 3.05) is 13.1 Å². The largest absolute Gasteiger partial charge is 0.472 e. The molecule has 1 fully saturated rings. The Morgan fingerprint density at radius 2 is 1.74 bits per heavy atom. The van der Waals surface area contributed by atoms with E-state index in [1.54, 1.807) is 12.5 Å². The lowest BCUT2D eigenvalue weighted by molar-refractivity contribution is 0.331. The molecule has 0 spiro atoms. The highest BCUT2D eigenvalue weighted by Crippen LogP contribution is 2.35. The molecule has 0 aliphatic carbocycles. The van der Waals surface area contributed by atoms with Crippen LogP contribution in [0.2, 0.25) is 0 Å². The number of nitrogens with one attached hydrogen (secondary N) is 2. The molecule has 7 heteroatoms. The van der Waals surface area contributed by atoms with Crippen LogP contribution in [0.15, 0.2) is 78.1 Å². The molecule has 5 aromatic heterocycles. The van der Waals surface area contributed by atoms with Crippen molar-refractivity contribution >= 4 is 21.8 Å². The third-order valence-corrected chi connectivity index (χ3v) is 6.93. The average Bonchev–Trinajstić information content (AvgIpc) is 3.70. The van der Waals surface area contributed by atoms with Crippen molar-refractivity contribution in [1.29, 1.82) is 0 Å². The van der Waals surface area contributed by atoms with Gasteiger partial charge >= 0.3 is 0 Å². The maximum Gasteiger partial charge on any atom is 0.116 e. The SMILES string of the molecule is c1cc(-c2cncc3[nH]c(-c4n[nH]c5ccc(-c6cncc(CN7CCCC7)c6)cc45)cc23)co1. The summed E-state index contributed by atoms with van der Waals surface area (Å²) >= 11 is 0. The van der Waals surface area contributed by atoms with Gasteiger partial charge in [-0.2, -0.15) is 5.10 Å². The summed E-state index contributed by atoms with van der Waals surface area (Å²) in [6.45, 7) is 3.32. The monoisotopic (exact) mass is 460 g/mol. The molecule has 1 aromatic carbocycles. The van der Waals surface area contributed by atoms with E-state index in [1.165, 1.54) is 31.5 Å². The number of furan rings is 1. The van der Waals surface area contributed by atoms with Gasteiger partial charge in [-0.15, -0.1) is 0 Å². The smallest absolute Gasteiger partial charge is 0.116 e. The third-order valence-electron chi connectivity index (χ3n) is 6.93. The second-order valence-corrected chi connectivity index (χ2v) is 9.24. The normalized spacial score (nSPS) is 14.4. The number of likely N-dealkylation sites (tertiary alicyclic amines) is 1. The molecule has 35 heavy (non-hydrogen) atoms. The van der Waals surface area contributed by atoms with E-state index in [2.05, 4.69) is 60.4 Å². The zero-order valence-electron chi connectivity index (χ0n) is 19.2. The predicted molar refractivity (Wildman–Crippen MR) is 137 cm³/mol. The third kappa shape index (κ3) is 3.61. The summed E-state index contributed by atoms with van der Waals surface area (Å²) < 4.78 is 5.29. The van der Waals surface area contributed by atoms with Crippen LogP contribution in [0.25, 0.3) is 55.4 Å². The first-order valence-corrected chi connectivity index (χ1v) is 12.0. The second kappa shape index (κ2) is 8.21. The molecule has 0 atom stereocenters. The molecular weight excluding hydrogens is 436 g/mol. The van der Waals surface area contributed by atoms with E-state index in [4.69, 9.17) is 4.42 Å². The quantitative estimate of drug-likeness (QED) is 0.328.